The number of carbonyl (C=O) groups is 1. The molecule has 2 heterocycles. The molecule has 0 fully saturated rings. The smallest absolute Gasteiger partial charge is 0.244 e. The topological polar surface area (TPSA) is 85.8 Å². The van der Waals surface area contributed by atoms with E-state index in [1.54, 1.807) is 12.3 Å². The first-order valence-corrected chi connectivity index (χ1v) is 7.29. The van der Waals surface area contributed by atoms with Gasteiger partial charge in [-0.2, -0.15) is 4.80 Å². The van der Waals surface area contributed by atoms with Crippen LogP contribution in [0.15, 0.2) is 47.1 Å². The minimum atomic E-state index is -0.211. The summed E-state index contributed by atoms with van der Waals surface area (Å²) in [5.41, 5.74) is 2.03. The van der Waals surface area contributed by atoms with Crippen LogP contribution in [0.5, 0.6) is 0 Å². The van der Waals surface area contributed by atoms with E-state index in [4.69, 9.17) is 4.42 Å². The Labute approximate surface area is 133 Å². The van der Waals surface area contributed by atoms with Crippen LogP contribution in [0.3, 0.4) is 0 Å². The molecule has 0 spiro atoms. The summed E-state index contributed by atoms with van der Waals surface area (Å²) in [6, 6.07) is 11.2. The molecule has 0 aliphatic heterocycles. The summed E-state index contributed by atoms with van der Waals surface area (Å²) in [6.07, 6.45) is 1.57. The largest absolute Gasteiger partial charge is 0.467 e. The normalized spacial score (nSPS) is 12.1. The van der Waals surface area contributed by atoms with E-state index in [1.807, 2.05) is 44.2 Å². The van der Waals surface area contributed by atoms with Crippen LogP contribution in [0.1, 0.15) is 24.3 Å². The lowest BCUT2D eigenvalue weighted by atomic mass is 10.1. The number of nitrogens with zero attached hydrogens (tertiary/aromatic N) is 4. The van der Waals surface area contributed by atoms with Crippen molar-refractivity contribution < 1.29 is 9.21 Å². The van der Waals surface area contributed by atoms with E-state index in [0.717, 1.165) is 11.1 Å². The zero-order valence-electron chi connectivity index (χ0n) is 12.9. The summed E-state index contributed by atoms with van der Waals surface area (Å²) in [7, 11) is 0. The maximum atomic E-state index is 12.0. The molecule has 1 aromatic carbocycles. The van der Waals surface area contributed by atoms with Crippen LogP contribution in [-0.4, -0.2) is 26.1 Å². The molecule has 2 aromatic heterocycles. The zero-order valence-corrected chi connectivity index (χ0v) is 12.9. The van der Waals surface area contributed by atoms with E-state index in [9.17, 15) is 4.79 Å². The molecule has 118 valence electrons. The van der Waals surface area contributed by atoms with Gasteiger partial charge in [-0.1, -0.05) is 29.8 Å². The first-order chi connectivity index (χ1) is 11.1. The third kappa shape index (κ3) is 3.63. The first-order valence-electron chi connectivity index (χ1n) is 7.29. The molecule has 0 saturated carbocycles. The van der Waals surface area contributed by atoms with E-state index < -0.39 is 0 Å². The van der Waals surface area contributed by atoms with Gasteiger partial charge in [0.25, 0.3) is 0 Å². The molecule has 3 rings (SSSR count). The summed E-state index contributed by atoms with van der Waals surface area (Å²) in [5, 5.41) is 15.0. The van der Waals surface area contributed by atoms with Crippen LogP contribution >= 0.6 is 0 Å². The number of aromatic nitrogens is 4. The monoisotopic (exact) mass is 311 g/mol. The van der Waals surface area contributed by atoms with Gasteiger partial charge < -0.3 is 9.73 Å². The van der Waals surface area contributed by atoms with Crippen molar-refractivity contribution in [1.82, 2.24) is 25.5 Å². The van der Waals surface area contributed by atoms with Gasteiger partial charge in [-0.3, -0.25) is 4.79 Å². The van der Waals surface area contributed by atoms with E-state index in [1.165, 1.54) is 4.80 Å². The highest BCUT2D eigenvalue weighted by Crippen LogP contribution is 2.14. The molecular formula is C16H17N5O2. The van der Waals surface area contributed by atoms with Crippen molar-refractivity contribution in [1.29, 1.82) is 0 Å². The van der Waals surface area contributed by atoms with Crippen molar-refractivity contribution in [2.24, 2.45) is 0 Å². The maximum absolute atomic E-state index is 12.0. The van der Waals surface area contributed by atoms with Crippen LogP contribution in [0, 0.1) is 6.92 Å². The number of hydrogen-bond donors (Lipinski definition) is 1. The Hall–Kier alpha value is -2.96. The second kappa shape index (κ2) is 6.43. The number of furan rings is 1. The van der Waals surface area contributed by atoms with Gasteiger partial charge in [0.05, 0.1) is 12.3 Å². The Kier molecular flexibility index (Phi) is 4.18. The van der Waals surface area contributed by atoms with Crippen molar-refractivity contribution in [2.75, 3.05) is 0 Å². The fourth-order valence-corrected chi connectivity index (χ4v) is 2.15. The number of aryl methyl sites for hydroxylation is 1. The summed E-state index contributed by atoms with van der Waals surface area (Å²) >= 11 is 0. The van der Waals surface area contributed by atoms with Gasteiger partial charge in [0, 0.05) is 5.56 Å². The van der Waals surface area contributed by atoms with Gasteiger partial charge >= 0.3 is 0 Å². The molecule has 0 aliphatic carbocycles. The molecule has 0 unspecified atom stereocenters. The molecule has 0 aliphatic rings. The van der Waals surface area contributed by atoms with Gasteiger partial charge in [-0.15, -0.1) is 10.2 Å². The molecule has 3 aromatic rings. The second-order valence-corrected chi connectivity index (χ2v) is 5.31. The van der Waals surface area contributed by atoms with Crippen LogP contribution in [0.25, 0.3) is 11.4 Å². The molecule has 1 atom stereocenters. The molecule has 7 nitrogen and oxygen atoms in total. The Morgan fingerprint density at radius 3 is 2.78 bits per heavy atom. The second-order valence-electron chi connectivity index (χ2n) is 5.31. The minimum absolute atomic E-state index is 0.00388. The SMILES string of the molecule is Cc1ccc(-c2nnn(CC(=O)N[C@H](C)c3ccco3)n2)cc1. The van der Waals surface area contributed by atoms with Crippen molar-refractivity contribution in [2.45, 2.75) is 26.4 Å². The van der Waals surface area contributed by atoms with E-state index in [2.05, 4.69) is 20.7 Å². The maximum Gasteiger partial charge on any atom is 0.244 e. The lowest BCUT2D eigenvalue weighted by molar-refractivity contribution is -0.122. The van der Waals surface area contributed by atoms with Gasteiger partial charge in [0.15, 0.2) is 0 Å². The average molecular weight is 311 g/mol. The first kappa shape index (κ1) is 15.0. The fraction of sp³-hybridized carbons (Fsp3) is 0.250. The van der Waals surface area contributed by atoms with Crippen LogP contribution in [-0.2, 0) is 11.3 Å². The fourth-order valence-electron chi connectivity index (χ4n) is 2.15. The Balaban J connectivity index is 1.62. The summed E-state index contributed by atoms with van der Waals surface area (Å²) in [6.45, 7) is 3.87. The van der Waals surface area contributed by atoms with E-state index in [0.29, 0.717) is 11.6 Å². The molecule has 1 N–H and O–H groups in total. The van der Waals surface area contributed by atoms with Crippen molar-refractivity contribution in [3.05, 3.63) is 54.0 Å². The highest BCUT2D eigenvalue weighted by molar-refractivity contribution is 5.75. The Morgan fingerprint density at radius 1 is 1.30 bits per heavy atom. The number of hydrogen-bond acceptors (Lipinski definition) is 5. The summed E-state index contributed by atoms with van der Waals surface area (Å²) < 4.78 is 5.25. The van der Waals surface area contributed by atoms with Gasteiger partial charge in [-0.05, 0) is 31.2 Å². The molecule has 1 amide bonds. The lowest BCUT2D eigenvalue weighted by Gasteiger charge is -2.10. The predicted molar refractivity (Wildman–Crippen MR) is 83.3 cm³/mol. The van der Waals surface area contributed by atoms with E-state index >= 15 is 0 Å². The summed E-state index contributed by atoms with van der Waals surface area (Å²) in [4.78, 5) is 13.3. The summed E-state index contributed by atoms with van der Waals surface area (Å²) in [5.74, 6) is 0.990. The van der Waals surface area contributed by atoms with Crippen LogP contribution < -0.4 is 5.32 Å². The number of benzene rings is 1. The highest BCUT2D eigenvalue weighted by atomic mass is 16.3. The molecular weight excluding hydrogens is 294 g/mol. The number of amides is 1. The molecule has 7 heteroatoms. The Bertz CT molecular complexity index is 777. The third-order valence-corrected chi connectivity index (χ3v) is 3.40. The molecule has 0 bridgehead atoms. The van der Waals surface area contributed by atoms with E-state index in [-0.39, 0.29) is 18.5 Å². The average Bonchev–Trinajstić information content (AvgIpc) is 3.19. The number of tetrazole rings is 1. The quantitative estimate of drug-likeness (QED) is 0.780. The minimum Gasteiger partial charge on any atom is -0.467 e. The number of nitrogens with one attached hydrogen (secondary N) is 1. The predicted octanol–water partition coefficient (Wildman–Crippen LogP) is 2.12. The molecule has 23 heavy (non-hydrogen) atoms. The molecule has 0 radical (unpaired) electrons. The van der Waals surface area contributed by atoms with Gasteiger partial charge in [-0.25, -0.2) is 0 Å². The van der Waals surface area contributed by atoms with Gasteiger partial charge in [0.1, 0.15) is 12.3 Å². The zero-order chi connectivity index (χ0) is 16.2. The van der Waals surface area contributed by atoms with Crippen molar-refractivity contribution >= 4 is 5.91 Å². The highest BCUT2D eigenvalue weighted by Gasteiger charge is 2.14. The van der Waals surface area contributed by atoms with Gasteiger partial charge in [0.2, 0.25) is 11.7 Å². The Morgan fingerprint density at radius 2 is 2.09 bits per heavy atom. The number of rotatable bonds is 5. The standard InChI is InChI=1S/C16H17N5O2/c1-11-5-7-13(8-6-11)16-18-20-21(19-16)10-15(22)17-12(2)14-4-3-9-23-14/h3-9,12H,10H2,1-2H3,(H,17,22)/t12-/m1/s1. The molecule has 0 saturated heterocycles. The number of carbonyl (C=O) groups excluding carboxylic acids is 1. The van der Waals surface area contributed by atoms with Crippen LogP contribution in [0.4, 0.5) is 0 Å². The van der Waals surface area contributed by atoms with Crippen molar-refractivity contribution in [3.8, 4) is 11.4 Å². The van der Waals surface area contributed by atoms with Crippen LogP contribution in [0.2, 0.25) is 0 Å². The third-order valence-electron chi connectivity index (χ3n) is 3.40. The van der Waals surface area contributed by atoms with Crippen molar-refractivity contribution in [3.63, 3.8) is 0 Å². The lowest BCUT2D eigenvalue weighted by Crippen LogP contribution is -2.30.